The largest absolute Gasteiger partial charge is 0.353 e. The number of fused-ring (bicyclic) bond motifs is 2. The summed E-state index contributed by atoms with van der Waals surface area (Å²) >= 11 is 0. The molecule has 0 aliphatic carbocycles. The van der Waals surface area contributed by atoms with E-state index in [1.54, 1.807) is 14.0 Å². The molecule has 0 radical (unpaired) electrons. The van der Waals surface area contributed by atoms with Crippen molar-refractivity contribution in [3.63, 3.8) is 0 Å². The zero-order chi connectivity index (χ0) is 33.1. The van der Waals surface area contributed by atoms with Gasteiger partial charge in [0.05, 0.1) is 12.6 Å². The van der Waals surface area contributed by atoms with Crippen molar-refractivity contribution in [1.82, 2.24) is 26.4 Å². The Kier molecular flexibility index (Phi) is 12.5. The zero-order valence-corrected chi connectivity index (χ0v) is 27.2. The molecule has 0 aromatic heterocycles. The van der Waals surface area contributed by atoms with E-state index in [0.717, 1.165) is 32.7 Å². The monoisotopic (exact) mass is 627 g/mol. The lowest BCUT2D eigenvalue weighted by Crippen LogP contribution is -2.52. The van der Waals surface area contributed by atoms with E-state index >= 15 is 0 Å². The summed E-state index contributed by atoms with van der Waals surface area (Å²) in [5.41, 5.74) is 4.56. The normalized spacial score (nSPS) is 13.4. The molecule has 4 rings (SSSR count). The maximum atomic E-state index is 13.5. The Morgan fingerprint density at radius 1 is 0.761 bits per heavy atom. The number of urea groups is 1. The van der Waals surface area contributed by atoms with Crippen LogP contribution in [0.1, 0.15) is 44.9 Å². The van der Waals surface area contributed by atoms with Gasteiger partial charge in [0.1, 0.15) is 6.04 Å². The number of hydrogen-bond donors (Lipinski definition) is 4. The number of carbonyl (C=O) groups excluding carboxylic acids is 3. The molecule has 4 aromatic rings. The summed E-state index contributed by atoms with van der Waals surface area (Å²) in [7, 11) is 1.58. The molecule has 0 aliphatic rings. The van der Waals surface area contributed by atoms with E-state index in [-0.39, 0.29) is 18.4 Å². The zero-order valence-electron chi connectivity index (χ0n) is 27.2. The van der Waals surface area contributed by atoms with E-state index in [1.165, 1.54) is 5.01 Å². The molecule has 0 saturated heterocycles. The first-order chi connectivity index (χ1) is 22.2. The van der Waals surface area contributed by atoms with Gasteiger partial charge in [0, 0.05) is 32.7 Å². The lowest BCUT2D eigenvalue weighted by atomic mass is 9.89. The molecule has 10 heteroatoms. The van der Waals surface area contributed by atoms with Crippen molar-refractivity contribution in [3.8, 4) is 0 Å². The number of rotatable bonds is 15. The van der Waals surface area contributed by atoms with Crippen LogP contribution < -0.4 is 21.4 Å². The standard InChI is InChI=1S/C36H45N5O5/c1-6-45-35(46-7-2)24(3)33(31-21-13-17-27-15-9-11-20-30(27)31)39-34(43)25(4)38-32(42)23-41(5)40-36(44)37-22-28-18-12-16-26-14-8-10-19-29(26)28/h8-21,24-25,33,35H,6-7,22-23H2,1-5H3,(H,38,42)(H,39,43)(H2,37,40,44)/t24-,25?,33-/m0/s1. The molecular weight excluding hydrogens is 582 g/mol. The second-order valence-electron chi connectivity index (χ2n) is 11.3. The highest BCUT2D eigenvalue weighted by atomic mass is 16.7. The highest BCUT2D eigenvalue weighted by Gasteiger charge is 2.32. The Bertz CT molecular complexity index is 1610. The summed E-state index contributed by atoms with van der Waals surface area (Å²) in [5, 5.41) is 14.3. The van der Waals surface area contributed by atoms with Crippen LogP contribution in [0.15, 0.2) is 84.9 Å². The van der Waals surface area contributed by atoms with Crippen LogP contribution in [0.2, 0.25) is 0 Å². The Hall–Kier alpha value is -4.51. The average molecular weight is 628 g/mol. The molecule has 46 heavy (non-hydrogen) atoms. The molecule has 0 fully saturated rings. The van der Waals surface area contributed by atoms with Gasteiger partial charge in [0.15, 0.2) is 6.29 Å². The smallest absolute Gasteiger partial charge is 0.329 e. The summed E-state index contributed by atoms with van der Waals surface area (Å²) in [4.78, 5) is 38.9. The van der Waals surface area contributed by atoms with Crippen molar-refractivity contribution < 1.29 is 23.9 Å². The molecule has 0 bridgehead atoms. The Balaban J connectivity index is 1.35. The molecule has 0 saturated carbocycles. The van der Waals surface area contributed by atoms with Gasteiger partial charge in [-0.3, -0.25) is 15.0 Å². The summed E-state index contributed by atoms with van der Waals surface area (Å²) in [6.07, 6.45) is -0.546. The fraction of sp³-hybridized carbons (Fsp3) is 0.361. The predicted molar refractivity (Wildman–Crippen MR) is 181 cm³/mol. The first-order valence-electron chi connectivity index (χ1n) is 15.7. The molecule has 0 heterocycles. The topological polar surface area (TPSA) is 121 Å². The van der Waals surface area contributed by atoms with E-state index < -0.39 is 30.3 Å². The van der Waals surface area contributed by atoms with Crippen molar-refractivity contribution in [2.75, 3.05) is 26.8 Å². The van der Waals surface area contributed by atoms with Gasteiger partial charge < -0.3 is 25.4 Å². The molecule has 3 atom stereocenters. The minimum Gasteiger partial charge on any atom is -0.353 e. The minimum absolute atomic E-state index is 0.154. The van der Waals surface area contributed by atoms with Crippen LogP contribution in [-0.4, -0.2) is 62.0 Å². The molecule has 10 nitrogen and oxygen atoms in total. The Labute approximate surface area is 270 Å². The van der Waals surface area contributed by atoms with Gasteiger partial charge in [-0.25, -0.2) is 9.80 Å². The lowest BCUT2D eigenvalue weighted by Gasteiger charge is -2.33. The van der Waals surface area contributed by atoms with E-state index in [4.69, 9.17) is 9.47 Å². The van der Waals surface area contributed by atoms with Gasteiger partial charge in [-0.1, -0.05) is 91.9 Å². The molecule has 1 unspecified atom stereocenters. The maximum Gasteiger partial charge on any atom is 0.329 e. The first kappa shape index (κ1) is 34.4. The summed E-state index contributed by atoms with van der Waals surface area (Å²) in [6, 6.07) is 26.1. The Morgan fingerprint density at radius 2 is 1.35 bits per heavy atom. The highest BCUT2D eigenvalue weighted by molar-refractivity contribution is 5.90. The molecular formula is C36H45N5O5. The average Bonchev–Trinajstić information content (AvgIpc) is 3.05. The van der Waals surface area contributed by atoms with Crippen LogP contribution in [-0.2, 0) is 25.6 Å². The van der Waals surface area contributed by atoms with Crippen molar-refractivity contribution in [2.45, 2.75) is 52.6 Å². The number of hydrazine groups is 1. The van der Waals surface area contributed by atoms with Crippen molar-refractivity contribution in [2.24, 2.45) is 5.92 Å². The summed E-state index contributed by atoms with van der Waals surface area (Å²) in [6.45, 7) is 8.52. The van der Waals surface area contributed by atoms with Gasteiger partial charge >= 0.3 is 6.03 Å². The number of ether oxygens (including phenoxy) is 2. The number of carbonyl (C=O) groups is 3. The third-order valence-corrected chi connectivity index (χ3v) is 7.84. The molecule has 4 aromatic carbocycles. The van der Waals surface area contributed by atoms with E-state index in [2.05, 4.69) is 21.4 Å². The number of hydrogen-bond acceptors (Lipinski definition) is 6. The maximum absolute atomic E-state index is 13.5. The van der Waals surface area contributed by atoms with Crippen LogP contribution in [0.4, 0.5) is 4.79 Å². The summed E-state index contributed by atoms with van der Waals surface area (Å²) < 4.78 is 11.8. The van der Waals surface area contributed by atoms with Crippen LogP contribution in [0, 0.1) is 5.92 Å². The molecule has 0 spiro atoms. The molecule has 4 amide bonds. The van der Waals surface area contributed by atoms with E-state index in [0.29, 0.717) is 19.8 Å². The van der Waals surface area contributed by atoms with Crippen molar-refractivity contribution in [1.29, 1.82) is 0 Å². The van der Waals surface area contributed by atoms with Gasteiger partial charge in [0.2, 0.25) is 11.8 Å². The van der Waals surface area contributed by atoms with E-state index in [1.807, 2.05) is 106 Å². The fourth-order valence-electron chi connectivity index (χ4n) is 5.57. The number of likely N-dealkylation sites (N-methyl/N-ethyl adjacent to an activating group) is 1. The van der Waals surface area contributed by atoms with Crippen molar-refractivity contribution >= 4 is 39.4 Å². The SMILES string of the molecule is CCOC(OCC)[C@@H](C)[C@H](NC(=O)C(C)NC(=O)CN(C)NC(=O)NCc1cccc2ccccc12)c1cccc2ccccc12. The van der Waals surface area contributed by atoms with E-state index in [9.17, 15) is 14.4 Å². The van der Waals surface area contributed by atoms with Gasteiger partial charge in [-0.2, -0.15) is 0 Å². The third kappa shape index (κ3) is 9.03. The van der Waals surface area contributed by atoms with Crippen LogP contribution >= 0.6 is 0 Å². The first-order valence-corrected chi connectivity index (χ1v) is 15.7. The number of amides is 4. The summed E-state index contributed by atoms with van der Waals surface area (Å²) in [5.74, 6) is -1.02. The van der Waals surface area contributed by atoms with Gasteiger partial charge in [-0.05, 0) is 53.4 Å². The number of nitrogens with one attached hydrogen (secondary N) is 4. The van der Waals surface area contributed by atoms with Crippen LogP contribution in [0.25, 0.3) is 21.5 Å². The number of nitrogens with zero attached hydrogens (tertiary/aromatic N) is 1. The highest BCUT2D eigenvalue weighted by Crippen LogP contribution is 2.32. The van der Waals surface area contributed by atoms with Gasteiger partial charge in [0.25, 0.3) is 0 Å². The third-order valence-electron chi connectivity index (χ3n) is 7.84. The lowest BCUT2D eigenvalue weighted by molar-refractivity contribution is -0.170. The van der Waals surface area contributed by atoms with Crippen LogP contribution in [0.5, 0.6) is 0 Å². The van der Waals surface area contributed by atoms with Gasteiger partial charge in [-0.15, -0.1) is 0 Å². The van der Waals surface area contributed by atoms with Crippen molar-refractivity contribution in [3.05, 3.63) is 96.1 Å². The fourth-order valence-corrected chi connectivity index (χ4v) is 5.57. The second kappa shape index (κ2) is 16.7. The second-order valence-corrected chi connectivity index (χ2v) is 11.3. The quantitative estimate of drug-likeness (QED) is 0.108. The van der Waals surface area contributed by atoms with Crippen LogP contribution in [0.3, 0.4) is 0 Å². The molecule has 244 valence electrons. The number of benzene rings is 4. The Morgan fingerprint density at radius 3 is 2.02 bits per heavy atom. The minimum atomic E-state index is -0.844. The molecule has 0 aliphatic heterocycles. The predicted octanol–water partition coefficient (Wildman–Crippen LogP) is 5.04. The molecule has 4 N–H and O–H groups in total.